The standard InChI is InChI=1S/C29H39N7O3.C28H36N6O4.C27H34N6O4/c1-3-39-33-28(38)25-20-36(23-7-5-4-6-8-23)27-24(26(25)37)19-30-29(32-27)31-22-11-9-21(10-12-22)13-14-35-17-15-34(2)16-18-35;1-2-38-32-27(36)24-19-34(22-6-4-3-5-7-22)26-23(25(24)35)18-29-28(31-26)30-21-10-8-20(9-11-21)12-13-33-14-16-37-17-15-33;1-36-31-26(35)23-18-33(21-5-3-2-4-6-21)25-22(24(23)34)17-28-27(30-25)29-20-9-7-19(8-10-20)11-12-32-13-15-37-16-14-32/h9-12,19-20,23H,3-8,13-18H2,1-2H3,(H,33,38)(H,30,31,32);8-11,18-19,22H,2-7,12-17H2,1H3,(H,32,36)(H,29,30,31);7-10,17-18,21H,2-6,11-16H2,1H3,(H,31,35)(H,28,29,30). The lowest BCUT2D eigenvalue weighted by molar-refractivity contribution is 0.0360. The Balaban J connectivity index is 0.000000149. The molecule has 114 heavy (non-hydrogen) atoms. The van der Waals surface area contributed by atoms with Crippen LogP contribution in [-0.2, 0) is 43.2 Å². The summed E-state index contributed by atoms with van der Waals surface area (Å²) in [4.78, 5) is 129. The lowest BCUT2D eigenvalue weighted by Gasteiger charge is -2.32. The lowest BCUT2D eigenvalue weighted by atomic mass is 9.95. The van der Waals surface area contributed by atoms with Gasteiger partial charge in [-0.15, -0.1) is 0 Å². The number of piperazine rings is 1. The molecule has 15 rings (SSSR count). The summed E-state index contributed by atoms with van der Waals surface area (Å²) >= 11 is 0. The molecule has 3 saturated carbocycles. The topological polar surface area (TPSA) is 326 Å². The molecule has 3 aromatic carbocycles. The normalized spacial score (nSPS) is 17.2. The van der Waals surface area contributed by atoms with E-state index in [0.717, 1.165) is 212 Å². The van der Waals surface area contributed by atoms with Crippen LogP contribution in [0.5, 0.6) is 0 Å². The van der Waals surface area contributed by atoms with Gasteiger partial charge in [0.1, 0.15) is 33.6 Å². The average molecular weight is 1560 g/mol. The molecular weight excluding hydrogens is 1450 g/mol. The molecule has 0 spiro atoms. The van der Waals surface area contributed by atoms with Gasteiger partial charge >= 0.3 is 0 Å². The Morgan fingerprint density at radius 2 is 0.711 bits per heavy atom. The number of fused-ring (bicyclic) bond motifs is 3. The number of benzene rings is 3. The Morgan fingerprint density at radius 1 is 0.412 bits per heavy atom. The van der Waals surface area contributed by atoms with Crippen molar-refractivity contribution in [2.45, 2.75) is 148 Å². The van der Waals surface area contributed by atoms with Gasteiger partial charge in [-0.3, -0.25) is 53.1 Å². The second kappa shape index (κ2) is 40.8. The predicted molar refractivity (Wildman–Crippen MR) is 439 cm³/mol. The lowest BCUT2D eigenvalue weighted by Crippen LogP contribution is -2.45. The van der Waals surface area contributed by atoms with Crippen molar-refractivity contribution >= 4 is 85.7 Å². The van der Waals surface area contributed by atoms with Gasteiger partial charge in [0.05, 0.1) is 62.9 Å². The zero-order chi connectivity index (χ0) is 79.1. The first kappa shape index (κ1) is 82.0. The molecule has 30 heteroatoms. The number of pyridine rings is 3. The third-order valence-corrected chi connectivity index (χ3v) is 22.3. The van der Waals surface area contributed by atoms with Gasteiger partial charge in [0.15, 0.2) is 0 Å². The van der Waals surface area contributed by atoms with Crippen LogP contribution in [0.4, 0.5) is 34.9 Å². The number of amides is 3. The van der Waals surface area contributed by atoms with Crippen LogP contribution in [0.15, 0.2) is 124 Å². The quantitative estimate of drug-likeness (QED) is 0.0274. The summed E-state index contributed by atoms with van der Waals surface area (Å²) in [6.45, 7) is 19.0. The van der Waals surface area contributed by atoms with Crippen LogP contribution in [0, 0.1) is 0 Å². The highest BCUT2D eigenvalue weighted by Gasteiger charge is 2.28. The minimum absolute atomic E-state index is 0.0249. The van der Waals surface area contributed by atoms with Gasteiger partial charge in [0, 0.05) is 144 Å². The summed E-state index contributed by atoms with van der Waals surface area (Å²) in [5.74, 6) is -0.443. The highest BCUT2D eigenvalue weighted by molar-refractivity contribution is 5.98. The monoisotopic (exact) mass is 1560 g/mol. The third kappa shape index (κ3) is 21.7. The Kier molecular flexibility index (Phi) is 29.4. The fourth-order valence-electron chi connectivity index (χ4n) is 15.7. The van der Waals surface area contributed by atoms with Gasteiger partial charge in [0.2, 0.25) is 34.1 Å². The van der Waals surface area contributed by atoms with Gasteiger partial charge in [-0.2, -0.15) is 15.0 Å². The summed E-state index contributed by atoms with van der Waals surface area (Å²) < 4.78 is 16.8. The molecule has 6 fully saturated rings. The van der Waals surface area contributed by atoms with Crippen molar-refractivity contribution in [3.8, 4) is 0 Å². The second-order valence-electron chi connectivity index (χ2n) is 30.1. The Morgan fingerprint density at radius 3 is 1.01 bits per heavy atom. The fraction of sp³-hybridized carbons (Fsp3) is 0.500. The maximum Gasteiger partial charge on any atom is 0.280 e. The molecule has 3 amide bonds. The molecule has 0 atom stereocenters. The number of rotatable bonds is 26. The van der Waals surface area contributed by atoms with E-state index in [1.165, 1.54) is 61.7 Å². The van der Waals surface area contributed by atoms with E-state index in [-0.39, 0.29) is 34.8 Å². The van der Waals surface area contributed by atoms with Crippen molar-refractivity contribution in [2.75, 3.05) is 142 Å². The summed E-state index contributed by atoms with van der Waals surface area (Å²) in [5.41, 5.74) is 13.9. The van der Waals surface area contributed by atoms with Crippen molar-refractivity contribution in [1.29, 1.82) is 0 Å². The Hall–Kier alpha value is -10.0. The van der Waals surface area contributed by atoms with Crippen LogP contribution >= 0.6 is 0 Å². The molecule has 0 unspecified atom stereocenters. The van der Waals surface area contributed by atoms with E-state index < -0.39 is 34.0 Å². The van der Waals surface area contributed by atoms with E-state index in [1.807, 2.05) is 50.1 Å². The number of ether oxygens (including phenoxy) is 2. The van der Waals surface area contributed by atoms with Crippen LogP contribution in [-0.4, -0.2) is 207 Å². The molecule has 3 aliphatic carbocycles. The van der Waals surface area contributed by atoms with Crippen LogP contribution in [0.3, 0.4) is 0 Å². The maximum absolute atomic E-state index is 13.2. The summed E-state index contributed by atoms with van der Waals surface area (Å²) in [5, 5.41) is 10.8. The number of morpholine rings is 2. The first-order valence-corrected chi connectivity index (χ1v) is 40.8. The van der Waals surface area contributed by atoms with Gasteiger partial charge < -0.3 is 48.9 Å². The number of anilines is 6. The number of hydrogen-bond acceptors (Lipinski definition) is 24. The average Bonchev–Trinajstić information content (AvgIpc) is 0.774. The Labute approximate surface area is 664 Å². The number of hydrogen-bond donors (Lipinski definition) is 6. The first-order valence-electron chi connectivity index (χ1n) is 40.8. The van der Waals surface area contributed by atoms with E-state index in [9.17, 15) is 28.8 Å². The molecule has 0 radical (unpaired) electrons. The molecule has 6 aliphatic rings. The van der Waals surface area contributed by atoms with Crippen LogP contribution in [0.1, 0.15) is 176 Å². The second-order valence-corrected chi connectivity index (χ2v) is 30.1. The molecule has 9 aromatic rings. The highest BCUT2D eigenvalue weighted by atomic mass is 16.7. The van der Waals surface area contributed by atoms with Gasteiger partial charge in [-0.25, -0.2) is 31.4 Å². The van der Waals surface area contributed by atoms with E-state index in [1.54, 1.807) is 32.4 Å². The van der Waals surface area contributed by atoms with Crippen molar-refractivity contribution in [3.05, 3.63) is 174 Å². The van der Waals surface area contributed by atoms with E-state index in [4.69, 9.17) is 38.9 Å². The van der Waals surface area contributed by atoms with Crippen molar-refractivity contribution in [1.82, 2.24) is 79.6 Å². The minimum atomic E-state index is -0.574. The molecule has 606 valence electrons. The van der Waals surface area contributed by atoms with Gasteiger partial charge in [-0.1, -0.05) is 94.2 Å². The molecule has 0 bridgehead atoms. The number of likely N-dealkylation sites (N-methyl/N-ethyl adjacent to an activating group) is 1. The molecule has 3 aliphatic heterocycles. The molecule has 6 N–H and O–H groups in total. The molecular formula is C84H109N19O11. The Bertz CT molecular complexity index is 4870. The number of carbonyl (C=O) groups excluding carboxylic acids is 3. The van der Waals surface area contributed by atoms with Crippen LogP contribution in [0.2, 0.25) is 0 Å². The minimum Gasteiger partial charge on any atom is -0.379 e. The van der Waals surface area contributed by atoms with E-state index in [0.29, 0.717) is 64.2 Å². The van der Waals surface area contributed by atoms with Crippen LogP contribution in [0.25, 0.3) is 33.1 Å². The first-order chi connectivity index (χ1) is 55.7. The zero-order valence-corrected chi connectivity index (χ0v) is 66.2. The molecule has 9 heterocycles. The largest absolute Gasteiger partial charge is 0.379 e. The fourth-order valence-corrected chi connectivity index (χ4v) is 15.7. The predicted octanol–water partition coefficient (Wildman–Crippen LogP) is 10.3. The highest BCUT2D eigenvalue weighted by Crippen LogP contribution is 2.34. The number of hydroxylamine groups is 3. The maximum atomic E-state index is 13.2. The molecule has 3 saturated heterocycles. The van der Waals surface area contributed by atoms with E-state index >= 15 is 0 Å². The van der Waals surface area contributed by atoms with Gasteiger partial charge in [-0.05, 0) is 132 Å². The zero-order valence-electron chi connectivity index (χ0n) is 66.2. The molecule has 6 aromatic heterocycles. The smallest absolute Gasteiger partial charge is 0.280 e. The third-order valence-electron chi connectivity index (χ3n) is 22.3. The SMILES string of the molecule is CCONC(=O)c1cn(C2CCCCC2)c2nc(Nc3ccc(CCN4CCN(C)CC4)cc3)ncc2c1=O.CCONC(=O)c1cn(C2CCCCC2)c2nc(Nc3ccc(CCN4CCOCC4)cc3)ncc2c1=O.CONC(=O)c1cn(C2CCCCC2)c2nc(Nc3ccc(CCN4CCOCC4)cc3)ncc2c1=O. The van der Waals surface area contributed by atoms with Gasteiger partial charge in [0.25, 0.3) is 17.7 Å². The van der Waals surface area contributed by atoms with Crippen molar-refractivity contribution < 1.29 is 38.4 Å². The number of nitrogens with zero attached hydrogens (tertiary/aromatic N) is 13. The summed E-state index contributed by atoms with van der Waals surface area (Å²) in [6, 6.07) is 25.4. The number of aromatic nitrogens is 9. The van der Waals surface area contributed by atoms with E-state index in [2.05, 4.69) is 110 Å². The van der Waals surface area contributed by atoms with Crippen molar-refractivity contribution in [3.63, 3.8) is 0 Å². The van der Waals surface area contributed by atoms with Crippen LogP contribution < -0.4 is 48.7 Å². The summed E-state index contributed by atoms with van der Waals surface area (Å²) in [6.07, 6.45) is 28.5. The number of nitrogens with one attached hydrogen (secondary N) is 6. The summed E-state index contributed by atoms with van der Waals surface area (Å²) in [7, 11) is 3.52. The molecule has 30 nitrogen and oxygen atoms in total. The van der Waals surface area contributed by atoms with Crippen molar-refractivity contribution in [2.24, 2.45) is 0 Å². The number of carbonyl (C=O) groups is 3.